The largest absolute Gasteiger partial charge is 0.375 e. The Labute approximate surface area is 132 Å². The first kappa shape index (κ1) is 15.5. The van der Waals surface area contributed by atoms with E-state index >= 15 is 0 Å². The van der Waals surface area contributed by atoms with Crippen molar-refractivity contribution in [1.29, 1.82) is 0 Å². The van der Waals surface area contributed by atoms with Crippen LogP contribution in [0, 0.1) is 6.92 Å². The lowest BCUT2D eigenvalue weighted by atomic mass is 9.93. The highest BCUT2D eigenvalue weighted by Gasteiger charge is 2.52. The van der Waals surface area contributed by atoms with E-state index in [0.717, 1.165) is 31.5 Å². The first-order valence-corrected chi connectivity index (χ1v) is 8.23. The zero-order valence-electron chi connectivity index (χ0n) is 13.8. The summed E-state index contributed by atoms with van der Waals surface area (Å²) in [7, 11) is 2.07. The number of hydrogen-bond donors (Lipinski definition) is 1. The van der Waals surface area contributed by atoms with E-state index in [0.29, 0.717) is 6.61 Å². The number of carbonyl (C=O) groups excluding carboxylic acids is 1. The highest BCUT2D eigenvalue weighted by atomic mass is 16.5. The summed E-state index contributed by atoms with van der Waals surface area (Å²) in [5.74, 6) is 0.168. The number of nitrogens with one attached hydrogen (secondary N) is 1. The van der Waals surface area contributed by atoms with Gasteiger partial charge in [-0.3, -0.25) is 4.79 Å². The van der Waals surface area contributed by atoms with Crippen LogP contribution in [0.15, 0.2) is 24.3 Å². The maximum atomic E-state index is 12.8. The molecule has 2 atom stereocenters. The summed E-state index contributed by atoms with van der Waals surface area (Å²) in [6.45, 7) is 6.51. The second-order valence-electron chi connectivity index (χ2n) is 6.74. The van der Waals surface area contributed by atoms with Crippen molar-refractivity contribution in [3.63, 3.8) is 0 Å². The molecule has 1 saturated heterocycles. The van der Waals surface area contributed by atoms with E-state index in [-0.39, 0.29) is 23.5 Å². The number of nitrogens with zero attached hydrogens (tertiary/aromatic N) is 1. The molecule has 1 aromatic rings. The molecular weight excluding hydrogens is 276 g/mol. The number of likely N-dealkylation sites (tertiary alicyclic amines) is 1. The van der Waals surface area contributed by atoms with Gasteiger partial charge >= 0.3 is 0 Å². The number of benzene rings is 1. The molecule has 3 rings (SSSR count). The Bertz CT molecular complexity index is 537. The van der Waals surface area contributed by atoms with Crippen LogP contribution in [-0.4, -0.2) is 49.7 Å². The average Bonchev–Trinajstić information content (AvgIpc) is 3.22. The monoisotopic (exact) mass is 302 g/mol. The van der Waals surface area contributed by atoms with Crippen LogP contribution in [-0.2, 0) is 14.9 Å². The third kappa shape index (κ3) is 2.90. The topological polar surface area (TPSA) is 41.6 Å². The van der Waals surface area contributed by atoms with Crippen LogP contribution in [0.25, 0.3) is 0 Å². The zero-order chi connectivity index (χ0) is 15.7. The minimum Gasteiger partial charge on any atom is -0.375 e. The van der Waals surface area contributed by atoms with Gasteiger partial charge in [0.25, 0.3) is 0 Å². The van der Waals surface area contributed by atoms with E-state index in [2.05, 4.69) is 48.5 Å². The lowest BCUT2D eigenvalue weighted by Gasteiger charge is -2.23. The van der Waals surface area contributed by atoms with E-state index < -0.39 is 0 Å². The number of hydrogen-bond acceptors (Lipinski definition) is 3. The fourth-order valence-corrected chi connectivity index (χ4v) is 3.43. The number of amides is 1. The van der Waals surface area contributed by atoms with Gasteiger partial charge < -0.3 is 15.0 Å². The van der Waals surface area contributed by atoms with Crippen molar-refractivity contribution in [3.05, 3.63) is 35.4 Å². The number of ether oxygens (including phenoxy) is 1. The summed E-state index contributed by atoms with van der Waals surface area (Å²) in [6, 6.07) is 8.48. The number of carbonyl (C=O) groups is 1. The summed E-state index contributed by atoms with van der Waals surface area (Å²) >= 11 is 0. The summed E-state index contributed by atoms with van der Waals surface area (Å²) in [5.41, 5.74) is 2.08. The minimum atomic E-state index is -0.300. The summed E-state index contributed by atoms with van der Waals surface area (Å²) < 4.78 is 5.78. The molecule has 4 nitrogen and oxygen atoms in total. The number of aryl methyl sites for hydroxylation is 1. The van der Waals surface area contributed by atoms with Gasteiger partial charge in [-0.25, -0.2) is 0 Å². The van der Waals surface area contributed by atoms with E-state index in [1.807, 2.05) is 6.92 Å². The Morgan fingerprint density at radius 3 is 2.59 bits per heavy atom. The van der Waals surface area contributed by atoms with E-state index in [4.69, 9.17) is 4.74 Å². The standard InChI is InChI=1S/C18H26N2O2/c1-4-22-16-12-20(3)11-15(16)19-17(21)18(9-10-18)14-7-5-13(2)6-8-14/h5-8,15-16H,4,9-12H2,1-3H3,(H,19,21). The van der Waals surface area contributed by atoms with Crippen LogP contribution in [0.5, 0.6) is 0 Å². The first-order chi connectivity index (χ1) is 10.5. The molecule has 0 bridgehead atoms. The summed E-state index contributed by atoms with van der Waals surface area (Å²) in [4.78, 5) is 15.1. The summed E-state index contributed by atoms with van der Waals surface area (Å²) in [5, 5.41) is 3.25. The Kier molecular flexibility index (Phi) is 4.24. The first-order valence-electron chi connectivity index (χ1n) is 8.23. The highest BCUT2D eigenvalue weighted by Crippen LogP contribution is 2.48. The molecule has 1 aliphatic heterocycles. The molecule has 1 aromatic carbocycles. The van der Waals surface area contributed by atoms with E-state index in [1.165, 1.54) is 5.56 Å². The van der Waals surface area contributed by atoms with Crippen LogP contribution < -0.4 is 5.32 Å². The van der Waals surface area contributed by atoms with Gasteiger partial charge in [-0.15, -0.1) is 0 Å². The molecule has 0 spiro atoms. The predicted molar refractivity (Wildman–Crippen MR) is 86.9 cm³/mol. The second kappa shape index (κ2) is 6.01. The van der Waals surface area contributed by atoms with Gasteiger partial charge in [0.2, 0.25) is 5.91 Å². The molecule has 2 unspecified atom stereocenters. The molecule has 2 fully saturated rings. The number of likely N-dealkylation sites (N-methyl/N-ethyl adjacent to an activating group) is 1. The molecule has 22 heavy (non-hydrogen) atoms. The van der Waals surface area contributed by atoms with Crippen LogP contribution in [0.2, 0.25) is 0 Å². The van der Waals surface area contributed by atoms with Gasteiger partial charge in [0.1, 0.15) is 0 Å². The predicted octanol–water partition coefficient (Wildman–Crippen LogP) is 1.86. The van der Waals surface area contributed by atoms with Crippen molar-refractivity contribution in [2.24, 2.45) is 0 Å². The smallest absolute Gasteiger partial charge is 0.231 e. The maximum absolute atomic E-state index is 12.8. The van der Waals surface area contributed by atoms with Gasteiger partial charge in [-0.1, -0.05) is 29.8 Å². The van der Waals surface area contributed by atoms with Gasteiger partial charge in [0, 0.05) is 19.7 Å². The van der Waals surface area contributed by atoms with Crippen molar-refractivity contribution >= 4 is 5.91 Å². The van der Waals surface area contributed by atoms with Crippen LogP contribution >= 0.6 is 0 Å². The maximum Gasteiger partial charge on any atom is 0.231 e. The minimum absolute atomic E-state index is 0.0976. The van der Waals surface area contributed by atoms with E-state index in [1.54, 1.807) is 0 Å². The molecule has 1 aliphatic carbocycles. The molecule has 1 N–H and O–H groups in total. The van der Waals surface area contributed by atoms with Gasteiger partial charge in [0.15, 0.2) is 0 Å². The number of rotatable bonds is 5. The van der Waals surface area contributed by atoms with Crippen LogP contribution in [0.4, 0.5) is 0 Å². The van der Waals surface area contributed by atoms with Gasteiger partial charge in [-0.05, 0) is 39.3 Å². The van der Waals surface area contributed by atoms with Crippen molar-refractivity contribution in [2.75, 3.05) is 26.7 Å². The molecule has 1 saturated carbocycles. The normalized spacial score (nSPS) is 26.9. The van der Waals surface area contributed by atoms with Crippen molar-refractivity contribution < 1.29 is 9.53 Å². The molecule has 1 heterocycles. The van der Waals surface area contributed by atoms with Gasteiger partial charge in [0.05, 0.1) is 17.6 Å². The average molecular weight is 302 g/mol. The zero-order valence-corrected chi connectivity index (χ0v) is 13.8. The van der Waals surface area contributed by atoms with Crippen molar-refractivity contribution in [2.45, 2.75) is 44.2 Å². The Morgan fingerprint density at radius 1 is 1.32 bits per heavy atom. The van der Waals surface area contributed by atoms with Crippen LogP contribution in [0.1, 0.15) is 30.9 Å². The lowest BCUT2D eigenvalue weighted by molar-refractivity contribution is -0.125. The van der Waals surface area contributed by atoms with Crippen molar-refractivity contribution in [3.8, 4) is 0 Å². The molecular formula is C18H26N2O2. The Hall–Kier alpha value is -1.39. The fraction of sp³-hybridized carbons (Fsp3) is 0.611. The quantitative estimate of drug-likeness (QED) is 0.903. The molecule has 0 radical (unpaired) electrons. The van der Waals surface area contributed by atoms with Crippen molar-refractivity contribution in [1.82, 2.24) is 10.2 Å². The summed E-state index contributed by atoms with van der Waals surface area (Å²) in [6.07, 6.45) is 2.00. The fourth-order valence-electron chi connectivity index (χ4n) is 3.43. The molecule has 120 valence electrons. The molecule has 0 aromatic heterocycles. The van der Waals surface area contributed by atoms with Crippen LogP contribution in [0.3, 0.4) is 0 Å². The highest BCUT2D eigenvalue weighted by molar-refractivity contribution is 5.91. The second-order valence-corrected chi connectivity index (χ2v) is 6.74. The molecule has 1 amide bonds. The van der Waals surface area contributed by atoms with E-state index in [9.17, 15) is 4.79 Å². The Balaban J connectivity index is 1.70. The SMILES string of the molecule is CCOC1CN(C)CC1NC(=O)C1(c2ccc(C)cc2)CC1. The third-order valence-corrected chi connectivity index (χ3v) is 4.93. The third-order valence-electron chi connectivity index (χ3n) is 4.93. The Morgan fingerprint density at radius 2 is 2.00 bits per heavy atom. The van der Waals surface area contributed by atoms with Gasteiger partial charge in [-0.2, -0.15) is 0 Å². The molecule has 4 heteroatoms. The molecule has 2 aliphatic rings. The lowest BCUT2D eigenvalue weighted by Crippen LogP contribution is -2.47.